The van der Waals surface area contributed by atoms with Crippen molar-refractivity contribution >= 4 is 56.7 Å². The highest BCUT2D eigenvalue weighted by Gasteiger charge is 2.34. The lowest BCUT2D eigenvalue weighted by Crippen LogP contribution is -2.28. The third-order valence-corrected chi connectivity index (χ3v) is 7.96. The highest BCUT2D eigenvalue weighted by atomic mass is 32.2. The number of nitrogens with two attached hydrogens (primary N) is 1. The number of para-hydroxylation sites is 1. The van der Waals surface area contributed by atoms with Gasteiger partial charge in [-0.05, 0) is 78.0 Å². The van der Waals surface area contributed by atoms with E-state index in [0.717, 1.165) is 11.8 Å². The Balaban J connectivity index is 1.31. The maximum atomic E-state index is 13.5. The number of ether oxygens (including phenoxy) is 1. The number of furan rings is 1. The molecule has 1 aliphatic rings. The number of amides is 2. The van der Waals surface area contributed by atoms with Crippen molar-refractivity contribution in [2.24, 2.45) is 15.3 Å². The molecule has 3 aromatic carbocycles. The van der Waals surface area contributed by atoms with E-state index < -0.39 is 15.9 Å². The second kappa shape index (κ2) is 13.5. The SMILES string of the molecule is NS(=O)(=O)c1ccc(NC(=O)COc2ccccc2/C=C2\S/C(=N/N=C\c3ccc(F)cc3)N(Cc3ccco3)C2=O)cc1. The predicted molar refractivity (Wildman–Crippen MR) is 165 cm³/mol. The molecule has 1 saturated heterocycles. The fraction of sp³-hybridized carbons (Fsp3) is 0.0667. The van der Waals surface area contributed by atoms with Crippen molar-refractivity contribution in [3.63, 3.8) is 0 Å². The number of benzene rings is 3. The lowest BCUT2D eigenvalue weighted by molar-refractivity contribution is -0.122. The topological polar surface area (TPSA) is 157 Å². The van der Waals surface area contributed by atoms with Crippen LogP contribution in [0.2, 0.25) is 0 Å². The lowest BCUT2D eigenvalue weighted by Gasteiger charge is -2.12. The number of nitrogens with zero attached hydrogens (tertiary/aromatic N) is 3. The molecule has 0 spiro atoms. The first-order valence-electron chi connectivity index (χ1n) is 12.9. The highest BCUT2D eigenvalue weighted by Crippen LogP contribution is 2.35. The fourth-order valence-corrected chi connectivity index (χ4v) is 5.36. The van der Waals surface area contributed by atoms with Crippen molar-refractivity contribution in [2.45, 2.75) is 11.4 Å². The van der Waals surface area contributed by atoms with Gasteiger partial charge in [-0.25, -0.2) is 17.9 Å². The first-order valence-corrected chi connectivity index (χ1v) is 15.3. The molecule has 3 N–H and O–H groups in total. The van der Waals surface area contributed by atoms with Gasteiger partial charge in [0.2, 0.25) is 10.0 Å². The Hall–Kier alpha value is -5.05. The van der Waals surface area contributed by atoms with Crippen LogP contribution >= 0.6 is 11.8 Å². The van der Waals surface area contributed by atoms with Gasteiger partial charge in [0.1, 0.15) is 17.3 Å². The van der Waals surface area contributed by atoms with E-state index in [2.05, 4.69) is 15.5 Å². The van der Waals surface area contributed by atoms with Crippen molar-refractivity contribution in [3.8, 4) is 5.75 Å². The number of amidine groups is 1. The third kappa shape index (κ3) is 7.86. The van der Waals surface area contributed by atoms with Crippen LogP contribution in [-0.2, 0) is 26.2 Å². The van der Waals surface area contributed by atoms with E-state index in [-0.39, 0.29) is 29.8 Å². The zero-order chi connectivity index (χ0) is 31.1. The molecule has 0 bridgehead atoms. The maximum Gasteiger partial charge on any atom is 0.267 e. The second-order valence-corrected chi connectivity index (χ2v) is 11.8. The Bertz CT molecular complexity index is 1860. The van der Waals surface area contributed by atoms with Gasteiger partial charge in [0.05, 0.1) is 28.8 Å². The minimum Gasteiger partial charge on any atom is -0.483 e. The van der Waals surface area contributed by atoms with Crippen LogP contribution in [0.3, 0.4) is 0 Å². The summed E-state index contributed by atoms with van der Waals surface area (Å²) in [5.74, 6) is -0.292. The van der Waals surface area contributed by atoms with Crippen LogP contribution in [-0.4, -0.2) is 43.1 Å². The molecule has 1 aliphatic heterocycles. The average molecular weight is 634 g/mol. The molecule has 0 aliphatic carbocycles. The lowest BCUT2D eigenvalue weighted by atomic mass is 10.2. The minimum atomic E-state index is -3.85. The van der Waals surface area contributed by atoms with Crippen LogP contribution in [0.5, 0.6) is 5.75 Å². The molecule has 2 amide bonds. The Labute approximate surface area is 256 Å². The molecule has 2 heterocycles. The summed E-state index contributed by atoms with van der Waals surface area (Å²) in [5, 5.41) is 16.4. The van der Waals surface area contributed by atoms with Gasteiger partial charge in [-0.15, -0.1) is 5.10 Å². The summed E-state index contributed by atoms with van der Waals surface area (Å²) >= 11 is 1.10. The van der Waals surface area contributed by atoms with Gasteiger partial charge in [0, 0.05) is 11.3 Å². The molecule has 1 aromatic heterocycles. The van der Waals surface area contributed by atoms with Crippen molar-refractivity contribution in [3.05, 3.63) is 119 Å². The number of carbonyl (C=O) groups excluding carboxylic acids is 2. The van der Waals surface area contributed by atoms with Crippen LogP contribution in [0, 0.1) is 5.82 Å². The number of nitrogens with one attached hydrogen (secondary N) is 1. The van der Waals surface area contributed by atoms with Gasteiger partial charge in [-0.3, -0.25) is 14.5 Å². The van der Waals surface area contributed by atoms with E-state index in [0.29, 0.717) is 38.4 Å². The van der Waals surface area contributed by atoms with Gasteiger partial charge < -0.3 is 14.5 Å². The molecule has 0 unspecified atom stereocenters. The summed E-state index contributed by atoms with van der Waals surface area (Å²) in [4.78, 5) is 27.7. The average Bonchev–Trinajstić information content (AvgIpc) is 3.62. The molecule has 4 aromatic rings. The second-order valence-electron chi connectivity index (χ2n) is 9.20. The van der Waals surface area contributed by atoms with Crippen LogP contribution in [0.4, 0.5) is 10.1 Å². The van der Waals surface area contributed by atoms with Crippen molar-refractivity contribution < 1.29 is 31.6 Å². The van der Waals surface area contributed by atoms with E-state index in [4.69, 9.17) is 14.3 Å². The molecule has 224 valence electrons. The van der Waals surface area contributed by atoms with E-state index in [1.165, 1.54) is 53.8 Å². The first-order chi connectivity index (χ1) is 21.2. The summed E-state index contributed by atoms with van der Waals surface area (Å²) in [5.41, 5.74) is 1.54. The highest BCUT2D eigenvalue weighted by molar-refractivity contribution is 8.18. The van der Waals surface area contributed by atoms with E-state index >= 15 is 0 Å². The fourth-order valence-electron chi connectivity index (χ4n) is 3.91. The molecule has 0 radical (unpaired) electrons. The molecule has 0 saturated carbocycles. The largest absolute Gasteiger partial charge is 0.483 e. The Kier molecular flexibility index (Phi) is 9.33. The van der Waals surface area contributed by atoms with Crippen molar-refractivity contribution in [2.75, 3.05) is 11.9 Å². The van der Waals surface area contributed by atoms with Gasteiger partial charge in [0.15, 0.2) is 11.8 Å². The van der Waals surface area contributed by atoms with Crippen LogP contribution in [0.15, 0.2) is 116 Å². The van der Waals surface area contributed by atoms with Crippen molar-refractivity contribution in [1.29, 1.82) is 0 Å². The van der Waals surface area contributed by atoms with Crippen LogP contribution in [0.25, 0.3) is 6.08 Å². The van der Waals surface area contributed by atoms with Gasteiger partial charge >= 0.3 is 0 Å². The number of thioether (sulfide) groups is 1. The Morgan fingerprint density at radius 3 is 2.50 bits per heavy atom. The molecule has 1 fully saturated rings. The van der Waals surface area contributed by atoms with Crippen LogP contribution in [0.1, 0.15) is 16.9 Å². The Morgan fingerprint density at radius 1 is 1.05 bits per heavy atom. The number of halogens is 1. The summed E-state index contributed by atoms with van der Waals surface area (Å²) < 4.78 is 47.3. The minimum absolute atomic E-state index is 0.0800. The van der Waals surface area contributed by atoms with Gasteiger partial charge in [-0.2, -0.15) is 5.10 Å². The number of anilines is 1. The molecule has 5 rings (SSSR count). The number of rotatable bonds is 10. The van der Waals surface area contributed by atoms with Gasteiger partial charge in [0.25, 0.3) is 11.8 Å². The number of hydrogen-bond acceptors (Lipinski definition) is 9. The number of primary sulfonamides is 1. The van der Waals surface area contributed by atoms with E-state index in [1.807, 2.05) is 0 Å². The standard InChI is InChI=1S/C30H24FN5O6S2/c31-22-9-7-20(8-10-22)17-33-35-30-36(18-24-5-3-15-41-24)29(38)27(43-30)16-21-4-1-2-6-26(21)42-19-28(37)34-23-11-13-25(14-12-23)44(32,39)40/h1-17H,18-19H2,(H,34,37)(H2,32,39,40)/b27-16-,33-17-,35-30+. The monoisotopic (exact) mass is 633 g/mol. The number of sulfonamides is 1. The quantitative estimate of drug-likeness (QED) is 0.147. The van der Waals surface area contributed by atoms with Crippen molar-refractivity contribution in [1.82, 2.24) is 4.90 Å². The molecule has 11 nitrogen and oxygen atoms in total. The molecular formula is C30H24FN5O6S2. The molecule has 0 atom stereocenters. The molecule has 14 heteroatoms. The summed E-state index contributed by atoms with van der Waals surface area (Å²) in [7, 11) is -3.85. The number of hydrogen-bond donors (Lipinski definition) is 2. The summed E-state index contributed by atoms with van der Waals surface area (Å²) in [6.45, 7) is -0.231. The normalized spacial score (nSPS) is 15.4. The predicted octanol–water partition coefficient (Wildman–Crippen LogP) is 4.59. The molecule has 44 heavy (non-hydrogen) atoms. The zero-order valence-electron chi connectivity index (χ0n) is 22.8. The van der Waals surface area contributed by atoms with Crippen LogP contribution < -0.4 is 15.2 Å². The van der Waals surface area contributed by atoms with E-state index in [1.54, 1.807) is 54.6 Å². The Morgan fingerprint density at radius 2 is 1.80 bits per heavy atom. The third-order valence-electron chi connectivity index (χ3n) is 6.03. The smallest absolute Gasteiger partial charge is 0.267 e. The molecular weight excluding hydrogens is 609 g/mol. The summed E-state index contributed by atoms with van der Waals surface area (Å²) in [6, 6.07) is 21.5. The maximum absolute atomic E-state index is 13.5. The van der Waals surface area contributed by atoms with E-state index in [9.17, 15) is 22.4 Å². The first kappa shape index (κ1) is 30.4. The zero-order valence-corrected chi connectivity index (χ0v) is 24.4. The summed E-state index contributed by atoms with van der Waals surface area (Å²) in [6.07, 6.45) is 4.59. The number of carbonyl (C=O) groups is 2. The van der Waals surface area contributed by atoms with Gasteiger partial charge in [-0.1, -0.05) is 30.3 Å².